The number of para-hydroxylation sites is 2. The van der Waals surface area contributed by atoms with Crippen molar-refractivity contribution < 1.29 is 28.0 Å². The van der Waals surface area contributed by atoms with Crippen molar-refractivity contribution in [3.63, 3.8) is 0 Å². The second kappa shape index (κ2) is 25.1. The lowest BCUT2D eigenvalue weighted by atomic mass is 9.95. The first-order valence-electron chi connectivity index (χ1n) is 29.6. The average molecular weight is 1160 g/mol. The highest BCUT2D eigenvalue weighted by Gasteiger charge is 2.49. The number of anilines is 5. The Kier molecular flexibility index (Phi) is 16.7. The van der Waals surface area contributed by atoms with E-state index in [4.69, 9.17) is 0 Å². The van der Waals surface area contributed by atoms with Gasteiger partial charge in [-0.05, 0) is 134 Å². The molecule has 4 amide bonds. The molecule has 0 saturated carbocycles. The van der Waals surface area contributed by atoms with Gasteiger partial charge < -0.3 is 25.3 Å². The molecule has 2 N–H and O–H groups in total. The highest BCUT2D eigenvalue weighted by molar-refractivity contribution is 7.17. The number of hydrogen-bond donors (Lipinski definition) is 2. The van der Waals surface area contributed by atoms with E-state index in [9.17, 15) is 14.0 Å². The molecule has 8 aromatic rings. The topological polar surface area (TPSA) is 102 Å². The van der Waals surface area contributed by atoms with E-state index < -0.39 is 23.4 Å². The average Bonchev–Trinajstić information content (AvgIpc) is 2.01. The van der Waals surface area contributed by atoms with E-state index in [1.807, 2.05) is 77.7 Å². The third-order valence-electron chi connectivity index (χ3n) is 16.1. The number of nitrogens with zero attached hydrogens (tertiary/aromatic N) is 3. The maximum Gasteiger partial charge on any atom is 0.261 e. The van der Waals surface area contributed by atoms with Gasteiger partial charge in [-0.1, -0.05) is 138 Å². The third kappa shape index (κ3) is 11.4. The predicted molar refractivity (Wildman–Crippen MR) is 341 cm³/mol. The van der Waals surface area contributed by atoms with Crippen molar-refractivity contribution in [2.24, 2.45) is 0 Å². The molecule has 6 aromatic carbocycles. The normalized spacial score (nSPS) is 15.2. The molecular weight excluding hydrogens is 1100 g/mol. The number of amides is 4. The number of fused-ring (bicyclic) bond motifs is 3. The fourth-order valence-corrected chi connectivity index (χ4v) is 14.0. The molecule has 0 bridgehead atoms. The van der Waals surface area contributed by atoms with Crippen molar-refractivity contribution in [2.75, 3.05) is 28.6 Å². The number of hydrogen-bond acceptors (Lipinski definition) is 7. The summed E-state index contributed by atoms with van der Waals surface area (Å²) < 4.78 is 31.1. The first-order chi connectivity index (χ1) is 41.6. The second-order valence-corrected chi connectivity index (χ2v) is 24.0. The van der Waals surface area contributed by atoms with Crippen molar-refractivity contribution in [3.05, 3.63) is 219 Å². The van der Waals surface area contributed by atoms with E-state index in [0.29, 0.717) is 56.8 Å². The molecule has 0 spiro atoms. The van der Waals surface area contributed by atoms with Crippen LogP contribution in [0.4, 0.5) is 37.2 Å². The Bertz CT molecular complexity index is 4020. The molecule has 12 rings (SSSR count). The lowest BCUT2D eigenvalue weighted by Crippen LogP contribution is -2.30. The van der Waals surface area contributed by atoms with Crippen LogP contribution in [0.1, 0.15) is 123 Å². The molecule has 85 heavy (non-hydrogen) atoms. The van der Waals surface area contributed by atoms with E-state index in [1.54, 1.807) is 28.4 Å². The summed E-state index contributed by atoms with van der Waals surface area (Å²) in [5.41, 5.74) is 9.07. The zero-order valence-corrected chi connectivity index (χ0v) is 49.2. The first-order valence-corrected chi connectivity index (χ1v) is 31.2. The smallest absolute Gasteiger partial charge is 0.261 e. The zero-order valence-electron chi connectivity index (χ0n) is 47.5. The van der Waals surface area contributed by atoms with Crippen LogP contribution in [-0.4, -0.2) is 46.5 Å². The van der Waals surface area contributed by atoms with E-state index in [1.165, 1.54) is 35.6 Å². The summed E-state index contributed by atoms with van der Waals surface area (Å²) in [7, 11) is 0. The number of halogens is 2. The highest BCUT2D eigenvalue weighted by Crippen LogP contribution is 2.51. The van der Waals surface area contributed by atoms with Crippen molar-refractivity contribution in [1.29, 1.82) is 0 Å². The number of carbonyl (C=O) groups excluding carboxylic acids is 4. The molecule has 4 aliphatic rings. The van der Waals surface area contributed by atoms with Crippen LogP contribution >= 0.6 is 22.7 Å². The van der Waals surface area contributed by atoms with Gasteiger partial charge in [0.15, 0.2) is 0 Å². The van der Waals surface area contributed by atoms with Crippen LogP contribution in [0.2, 0.25) is 0 Å². The Balaban J connectivity index is 0.857. The van der Waals surface area contributed by atoms with E-state index in [0.717, 1.165) is 121 Å². The predicted octanol–water partition coefficient (Wildman–Crippen LogP) is 17.6. The summed E-state index contributed by atoms with van der Waals surface area (Å²) in [5.74, 6) is 3.87. The van der Waals surface area contributed by atoms with Gasteiger partial charge in [-0.3, -0.25) is 19.2 Å². The Hall–Kier alpha value is -8.96. The molecule has 0 atom stereocenters. The molecule has 2 aromatic heterocycles. The SMILES string of the molecule is CCCCCCCCN1C(=O)C2=C(c3ccc(-c4cc5c(cc4F)/C(=C4/C(=O)Nc6ccc(F)cc64)C(=O)N5)s3)N(CCCCCCCC)C(=O)C2=C1c1ccc(-c2ccc(C#Cc3ccc(N(c4ccccc4)c4ccccc4)cc3)cc2)s1. The van der Waals surface area contributed by atoms with E-state index >= 15 is 14.0 Å². The maximum absolute atomic E-state index is 16.7. The van der Waals surface area contributed by atoms with Gasteiger partial charge >= 0.3 is 0 Å². The van der Waals surface area contributed by atoms with Crippen LogP contribution < -0.4 is 15.5 Å². The standard InChI is InChI=1S/C72H63F2N5O4S2/c1-3-5-7-9-11-19-41-77-67(61-39-37-59(84-61)48-31-27-46(28-32-48)25-26-47-29-34-52(35-30-47)79(50-21-15-13-16-22-50)51-23-17-14-18-24-51)65-66(72(77)83)68(78(71(65)82)42-20-12-10-8-6-4-2)62-40-38-60(85-62)53-45-58-55(44-56(53)74)64(70(81)76-58)63-54-43-49(73)33-36-57(54)75-69(63)80/h13-18,21-24,27-40,43-45H,3-12,19-20,41-42H2,1-2H3,(H,75,80)(H,76,81)/b64-63-. The lowest BCUT2D eigenvalue weighted by Gasteiger charge is -2.25. The molecule has 0 radical (unpaired) electrons. The van der Waals surface area contributed by atoms with Crippen LogP contribution in [0.5, 0.6) is 0 Å². The minimum absolute atomic E-state index is 0.0278. The Morgan fingerprint density at radius 3 is 1.45 bits per heavy atom. The number of benzene rings is 6. The highest BCUT2D eigenvalue weighted by atomic mass is 32.1. The molecule has 9 nitrogen and oxygen atoms in total. The molecule has 0 unspecified atom stereocenters. The Labute approximate surface area is 503 Å². The molecule has 13 heteroatoms. The van der Waals surface area contributed by atoms with Gasteiger partial charge in [-0.2, -0.15) is 0 Å². The number of carbonyl (C=O) groups is 4. The molecule has 0 saturated heterocycles. The second-order valence-electron chi connectivity index (χ2n) is 21.8. The lowest BCUT2D eigenvalue weighted by molar-refractivity contribution is -0.124. The van der Waals surface area contributed by atoms with Gasteiger partial charge in [0.2, 0.25) is 0 Å². The molecule has 6 heterocycles. The molecule has 426 valence electrons. The quantitative estimate of drug-likeness (QED) is 0.0424. The summed E-state index contributed by atoms with van der Waals surface area (Å²) in [5, 5.41) is 5.51. The Morgan fingerprint density at radius 2 is 0.894 bits per heavy atom. The number of thiophene rings is 2. The molecule has 0 aliphatic carbocycles. The summed E-state index contributed by atoms with van der Waals surface area (Å²) >= 11 is 2.83. The minimum Gasteiger partial charge on any atom is -0.321 e. The zero-order chi connectivity index (χ0) is 58.6. The van der Waals surface area contributed by atoms with Crippen LogP contribution in [0.3, 0.4) is 0 Å². The van der Waals surface area contributed by atoms with Crippen molar-refractivity contribution in [3.8, 4) is 32.7 Å². The van der Waals surface area contributed by atoms with Gasteiger partial charge in [0.05, 0.1) is 43.4 Å². The summed E-state index contributed by atoms with van der Waals surface area (Å²) in [6.07, 6.45) is 12.3. The van der Waals surface area contributed by atoms with Crippen LogP contribution in [0.15, 0.2) is 175 Å². The van der Waals surface area contributed by atoms with Gasteiger partial charge in [0, 0.05) is 79.1 Å². The van der Waals surface area contributed by atoms with Gasteiger partial charge in [-0.25, -0.2) is 8.78 Å². The van der Waals surface area contributed by atoms with Crippen molar-refractivity contribution in [2.45, 2.75) is 90.9 Å². The van der Waals surface area contributed by atoms with Gasteiger partial charge in [0.1, 0.15) is 11.6 Å². The van der Waals surface area contributed by atoms with Crippen LogP contribution in [-0.2, 0) is 19.2 Å². The van der Waals surface area contributed by atoms with Crippen LogP contribution in [0, 0.1) is 23.5 Å². The van der Waals surface area contributed by atoms with Gasteiger partial charge in [-0.15, -0.1) is 22.7 Å². The van der Waals surface area contributed by atoms with Crippen molar-refractivity contribution in [1.82, 2.24) is 9.80 Å². The third-order valence-corrected chi connectivity index (χ3v) is 18.4. The molecule has 4 aliphatic heterocycles. The van der Waals surface area contributed by atoms with Crippen molar-refractivity contribution >= 4 is 97.3 Å². The van der Waals surface area contributed by atoms with E-state index in [-0.39, 0.29) is 39.7 Å². The maximum atomic E-state index is 16.7. The monoisotopic (exact) mass is 1160 g/mol. The Morgan fingerprint density at radius 1 is 0.435 bits per heavy atom. The number of nitrogens with one attached hydrogen (secondary N) is 2. The minimum atomic E-state index is -0.637. The van der Waals surface area contributed by atoms with Gasteiger partial charge in [0.25, 0.3) is 23.6 Å². The summed E-state index contributed by atoms with van der Waals surface area (Å²) in [4.78, 5) is 66.3. The summed E-state index contributed by atoms with van der Waals surface area (Å²) in [6, 6.07) is 51.4. The largest absolute Gasteiger partial charge is 0.321 e. The van der Waals surface area contributed by atoms with E-state index in [2.05, 4.69) is 95.8 Å². The van der Waals surface area contributed by atoms with Crippen LogP contribution in [0.25, 0.3) is 43.4 Å². The molecule has 0 fully saturated rings. The summed E-state index contributed by atoms with van der Waals surface area (Å²) in [6.45, 7) is 5.24. The number of rotatable bonds is 21. The fourth-order valence-electron chi connectivity index (χ4n) is 11.8. The number of unbranched alkanes of at least 4 members (excludes halogenated alkanes) is 10. The molecular formula is C72H63F2N5O4S2. The fraction of sp³-hybridized carbons (Fsp3) is 0.222. The first kappa shape index (κ1) is 56.5.